The number of ether oxygens (including phenoxy) is 1. The molecule has 2 aliphatic carbocycles. The molecule has 0 aromatic heterocycles. The van der Waals surface area contributed by atoms with Crippen LogP contribution in [-0.4, -0.2) is 16.9 Å². The van der Waals surface area contributed by atoms with E-state index in [1.165, 1.54) is 32.1 Å². The van der Waals surface area contributed by atoms with Crippen molar-refractivity contribution in [1.82, 2.24) is 0 Å². The molecule has 1 spiro atoms. The molecule has 0 N–H and O–H groups in total. The highest BCUT2D eigenvalue weighted by molar-refractivity contribution is 6.33. The van der Waals surface area contributed by atoms with Crippen LogP contribution < -0.4 is 0 Å². The van der Waals surface area contributed by atoms with E-state index in [-0.39, 0.29) is 12.1 Å². The molecule has 3 heteroatoms. The maximum absolute atomic E-state index is 11.6. The summed E-state index contributed by atoms with van der Waals surface area (Å²) in [7, 11) is 0. The molecule has 2 aliphatic rings. The summed E-state index contributed by atoms with van der Waals surface area (Å²) in [6.07, 6.45) is 8.78. The van der Waals surface area contributed by atoms with Crippen LogP contribution in [0.2, 0.25) is 0 Å². The summed E-state index contributed by atoms with van der Waals surface area (Å²) in [5, 5.41) is 0. The fourth-order valence-corrected chi connectivity index (χ4v) is 2.83. The molecule has 0 amide bonds. The third kappa shape index (κ3) is 2.53. The van der Waals surface area contributed by atoms with Crippen LogP contribution in [0.4, 0.5) is 0 Å². The maximum atomic E-state index is 11.6. The second-order valence-electron chi connectivity index (χ2n) is 5.93. The van der Waals surface area contributed by atoms with E-state index in [2.05, 4.69) is 0 Å². The van der Waals surface area contributed by atoms with Crippen LogP contribution in [0.25, 0.3) is 0 Å². The largest absolute Gasteiger partial charge is 0.461 e. The highest BCUT2D eigenvalue weighted by atomic mass is 35.5. The Labute approximate surface area is 103 Å². The second-order valence-corrected chi connectivity index (χ2v) is 6.88. The van der Waals surface area contributed by atoms with Crippen molar-refractivity contribution in [2.45, 2.75) is 69.8 Å². The van der Waals surface area contributed by atoms with Gasteiger partial charge in [0.15, 0.2) is 0 Å². The Bertz CT molecular complexity index is 266. The second kappa shape index (κ2) is 4.21. The van der Waals surface area contributed by atoms with E-state index in [9.17, 15) is 4.79 Å². The first-order chi connectivity index (χ1) is 7.41. The predicted octanol–water partition coefficient (Wildman–Crippen LogP) is 3.66. The van der Waals surface area contributed by atoms with Crippen LogP contribution in [-0.2, 0) is 9.53 Å². The van der Waals surface area contributed by atoms with Crippen LogP contribution in [0.15, 0.2) is 0 Å². The fraction of sp³-hybridized carbons (Fsp3) is 0.923. The van der Waals surface area contributed by atoms with Crippen LogP contribution in [0.3, 0.4) is 0 Å². The molecule has 0 saturated heterocycles. The molecule has 0 aromatic carbocycles. The molecule has 0 aromatic rings. The quantitative estimate of drug-likeness (QED) is 0.547. The van der Waals surface area contributed by atoms with Gasteiger partial charge in [-0.25, -0.2) is 0 Å². The summed E-state index contributed by atoms with van der Waals surface area (Å²) in [4.78, 5) is 10.7. The summed E-state index contributed by atoms with van der Waals surface area (Å²) < 4.78 is 5.45. The van der Waals surface area contributed by atoms with Crippen LogP contribution in [0.5, 0.6) is 0 Å². The zero-order chi connectivity index (χ0) is 11.8. The summed E-state index contributed by atoms with van der Waals surface area (Å²) in [6.45, 7) is 3.38. The predicted molar refractivity (Wildman–Crippen MR) is 64.6 cm³/mol. The van der Waals surface area contributed by atoms with Gasteiger partial charge in [0.05, 0.1) is 0 Å². The molecule has 0 radical (unpaired) electrons. The van der Waals surface area contributed by atoms with E-state index in [1.54, 1.807) is 13.8 Å². The van der Waals surface area contributed by atoms with Gasteiger partial charge in [0.1, 0.15) is 11.0 Å². The van der Waals surface area contributed by atoms with Crippen LogP contribution in [0.1, 0.15) is 58.8 Å². The number of alkyl halides is 1. The SMILES string of the molecule is CC(C)(Cl)C(=O)OC1CCC2(CCC2)CC1. The smallest absolute Gasteiger partial charge is 0.326 e. The minimum absolute atomic E-state index is 0.108. The number of hydrogen-bond acceptors (Lipinski definition) is 2. The summed E-state index contributed by atoms with van der Waals surface area (Å²) in [5.41, 5.74) is 0.624. The summed E-state index contributed by atoms with van der Waals surface area (Å²) in [5.74, 6) is -0.274. The Balaban J connectivity index is 1.79. The number of halogens is 1. The lowest BCUT2D eigenvalue weighted by Gasteiger charge is -2.46. The highest BCUT2D eigenvalue weighted by Crippen LogP contribution is 2.51. The Hall–Kier alpha value is -0.240. The lowest BCUT2D eigenvalue weighted by Crippen LogP contribution is -2.39. The molecule has 2 rings (SSSR count). The normalized spacial score (nSPS) is 25.2. The van der Waals surface area contributed by atoms with Crippen molar-refractivity contribution in [3.8, 4) is 0 Å². The molecule has 2 saturated carbocycles. The molecule has 0 atom stereocenters. The fourth-order valence-electron chi connectivity index (χ4n) is 2.79. The van der Waals surface area contributed by atoms with Crippen molar-refractivity contribution in [3.63, 3.8) is 0 Å². The average Bonchev–Trinajstić information content (AvgIpc) is 2.15. The van der Waals surface area contributed by atoms with Gasteiger partial charge in [-0.2, -0.15) is 0 Å². The number of rotatable bonds is 2. The maximum Gasteiger partial charge on any atom is 0.326 e. The molecule has 0 bridgehead atoms. The first-order valence-electron chi connectivity index (χ1n) is 6.31. The van der Waals surface area contributed by atoms with Crippen LogP contribution >= 0.6 is 11.6 Å². The Kier molecular flexibility index (Phi) is 3.22. The zero-order valence-corrected chi connectivity index (χ0v) is 11.0. The van der Waals surface area contributed by atoms with E-state index in [4.69, 9.17) is 16.3 Å². The highest BCUT2D eigenvalue weighted by Gasteiger charge is 2.41. The lowest BCUT2D eigenvalue weighted by atomic mass is 9.60. The monoisotopic (exact) mass is 244 g/mol. The summed E-state index contributed by atoms with van der Waals surface area (Å²) in [6, 6.07) is 0. The van der Waals surface area contributed by atoms with Gasteiger partial charge in [-0.3, -0.25) is 4.79 Å². The Morgan fingerprint density at radius 1 is 1.25 bits per heavy atom. The Morgan fingerprint density at radius 3 is 2.19 bits per heavy atom. The number of carbonyl (C=O) groups excluding carboxylic acids is 1. The standard InChI is InChI=1S/C13H21ClO2/c1-12(2,14)11(15)16-10-4-8-13(9-5-10)6-3-7-13/h10H,3-9H2,1-2H3. The van der Waals surface area contributed by atoms with Gasteiger partial charge in [0.2, 0.25) is 0 Å². The molecular formula is C13H21ClO2. The van der Waals surface area contributed by atoms with E-state index in [0.29, 0.717) is 5.41 Å². The first-order valence-corrected chi connectivity index (χ1v) is 6.69. The van der Waals surface area contributed by atoms with E-state index >= 15 is 0 Å². The van der Waals surface area contributed by atoms with Crippen molar-refractivity contribution < 1.29 is 9.53 Å². The van der Waals surface area contributed by atoms with Gasteiger partial charge >= 0.3 is 5.97 Å². The van der Waals surface area contributed by atoms with Gasteiger partial charge < -0.3 is 4.74 Å². The molecule has 16 heavy (non-hydrogen) atoms. The molecule has 0 heterocycles. The van der Waals surface area contributed by atoms with Crippen molar-refractivity contribution in [1.29, 1.82) is 0 Å². The van der Waals surface area contributed by atoms with Crippen molar-refractivity contribution in [3.05, 3.63) is 0 Å². The van der Waals surface area contributed by atoms with E-state index < -0.39 is 4.87 Å². The third-order valence-electron chi connectivity index (χ3n) is 4.17. The number of hydrogen-bond donors (Lipinski definition) is 0. The van der Waals surface area contributed by atoms with Crippen molar-refractivity contribution in [2.75, 3.05) is 0 Å². The van der Waals surface area contributed by atoms with Gasteiger partial charge in [0.25, 0.3) is 0 Å². The van der Waals surface area contributed by atoms with Gasteiger partial charge in [-0.1, -0.05) is 6.42 Å². The molecule has 92 valence electrons. The van der Waals surface area contributed by atoms with Crippen molar-refractivity contribution in [2.24, 2.45) is 5.41 Å². The van der Waals surface area contributed by atoms with Crippen LogP contribution in [0, 0.1) is 5.41 Å². The lowest BCUT2D eigenvalue weighted by molar-refractivity contribution is -0.155. The molecular weight excluding hydrogens is 224 g/mol. The summed E-state index contributed by atoms with van der Waals surface area (Å²) >= 11 is 5.92. The van der Waals surface area contributed by atoms with Gasteiger partial charge in [-0.05, 0) is 57.8 Å². The number of esters is 1. The zero-order valence-electron chi connectivity index (χ0n) is 10.2. The minimum atomic E-state index is -0.883. The van der Waals surface area contributed by atoms with Crippen molar-refractivity contribution >= 4 is 17.6 Å². The average molecular weight is 245 g/mol. The molecule has 2 nitrogen and oxygen atoms in total. The molecule has 0 aliphatic heterocycles. The van der Waals surface area contributed by atoms with E-state index in [0.717, 1.165) is 12.8 Å². The number of carbonyl (C=O) groups is 1. The Morgan fingerprint density at radius 2 is 1.81 bits per heavy atom. The van der Waals surface area contributed by atoms with Gasteiger partial charge in [0, 0.05) is 0 Å². The first kappa shape index (κ1) is 12.2. The van der Waals surface area contributed by atoms with Gasteiger partial charge in [-0.15, -0.1) is 11.6 Å². The third-order valence-corrected chi connectivity index (χ3v) is 4.32. The topological polar surface area (TPSA) is 26.3 Å². The van der Waals surface area contributed by atoms with E-state index in [1.807, 2.05) is 0 Å². The molecule has 2 fully saturated rings. The minimum Gasteiger partial charge on any atom is -0.461 e. The molecule has 0 unspecified atom stereocenters.